The molecule has 1 fully saturated rings. The lowest BCUT2D eigenvalue weighted by Gasteiger charge is -2.27. The average Bonchev–Trinajstić information content (AvgIpc) is 2.66. The number of hydrogen-bond acceptors (Lipinski definition) is 3. The van der Waals surface area contributed by atoms with Crippen molar-refractivity contribution in [2.45, 2.75) is 19.4 Å². The number of nitrogens with zero attached hydrogens (tertiary/aromatic N) is 3. The first-order chi connectivity index (χ1) is 7.75. The molecule has 90 valence electrons. The van der Waals surface area contributed by atoms with Crippen LogP contribution in [0.1, 0.15) is 18.5 Å². The predicted molar refractivity (Wildman–Crippen MR) is 65.1 cm³/mol. The van der Waals surface area contributed by atoms with E-state index >= 15 is 0 Å². The molecule has 0 spiro atoms. The molecule has 0 saturated carbocycles. The lowest BCUT2D eigenvalue weighted by Crippen LogP contribution is -2.34. The summed E-state index contributed by atoms with van der Waals surface area (Å²) in [5.74, 6) is 0.861. The summed E-state index contributed by atoms with van der Waals surface area (Å²) in [7, 11) is 4.21. The Kier molecular flexibility index (Phi) is 3.96. The summed E-state index contributed by atoms with van der Waals surface area (Å²) in [6, 6.07) is 2.10. The van der Waals surface area contributed by atoms with Gasteiger partial charge >= 0.3 is 0 Å². The fraction of sp³-hybridized carbons (Fsp3) is 0.750. The lowest BCUT2D eigenvalue weighted by molar-refractivity contribution is 0.230. The molecule has 1 aliphatic rings. The topological polar surface area (TPSA) is 33.1 Å². The van der Waals surface area contributed by atoms with Crippen LogP contribution in [-0.2, 0) is 13.6 Å². The van der Waals surface area contributed by atoms with E-state index in [1.54, 1.807) is 0 Å². The normalized spacial score (nSPS) is 18.2. The Labute approximate surface area is 97.6 Å². The molecule has 1 saturated heterocycles. The highest BCUT2D eigenvalue weighted by Gasteiger charge is 2.15. The molecule has 0 aromatic carbocycles. The number of hydrogen-bond donors (Lipinski definition) is 1. The van der Waals surface area contributed by atoms with Crippen LogP contribution < -0.4 is 5.32 Å². The zero-order valence-electron chi connectivity index (χ0n) is 10.3. The van der Waals surface area contributed by atoms with Crippen molar-refractivity contribution in [1.82, 2.24) is 20.0 Å². The zero-order valence-corrected chi connectivity index (χ0v) is 10.3. The van der Waals surface area contributed by atoms with E-state index in [1.807, 2.05) is 17.9 Å². The molecule has 0 bridgehead atoms. The van der Waals surface area contributed by atoms with Crippen molar-refractivity contribution in [2.24, 2.45) is 13.0 Å². The monoisotopic (exact) mass is 222 g/mol. The minimum absolute atomic E-state index is 0.861. The first-order valence-corrected chi connectivity index (χ1v) is 6.12. The van der Waals surface area contributed by atoms with Crippen molar-refractivity contribution in [3.8, 4) is 0 Å². The lowest BCUT2D eigenvalue weighted by atomic mass is 9.98. The molecule has 0 atom stereocenters. The van der Waals surface area contributed by atoms with Gasteiger partial charge in [0.05, 0.1) is 5.69 Å². The maximum absolute atomic E-state index is 4.20. The van der Waals surface area contributed by atoms with Crippen molar-refractivity contribution in [3.63, 3.8) is 0 Å². The van der Waals surface area contributed by atoms with Crippen molar-refractivity contribution in [3.05, 3.63) is 18.0 Å². The summed E-state index contributed by atoms with van der Waals surface area (Å²) in [5.41, 5.74) is 1.29. The highest BCUT2D eigenvalue weighted by atomic mass is 15.3. The van der Waals surface area contributed by atoms with E-state index in [0.29, 0.717) is 0 Å². The van der Waals surface area contributed by atoms with Crippen molar-refractivity contribution in [2.75, 3.05) is 26.7 Å². The number of aryl methyl sites for hydroxylation is 1. The van der Waals surface area contributed by atoms with Crippen LogP contribution in [-0.4, -0.2) is 41.4 Å². The summed E-state index contributed by atoms with van der Waals surface area (Å²) in [6.07, 6.45) is 4.50. The number of piperidine rings is 1. The van der Waals surface area contributed by atoms with Gasteiger partial charge in [0.25, 0.3) is 0 Å². The standard InChI is InChI=1S/C12H22N4/c1-15(9-11-3-6-13-7-4-11)10-12-5-8-14-16(12)2/h5,8,11,13H,3-4,6-7,9-10H2,1-2H3. The van der Waals surface area contributed by atoms with Crippen molar-refractivity contribution < 1.29 is 0 Å². The minimum atomic E-state index is 0.861. The molecule has 0 unspecified atom stereocenters. The minimum Gasteiger partial charge on any atom is -0.317 e. The van der Waals surface area contributed by atoms with Gasteiger partial charge in [-0.2, -0.15) is 5.10 Å². The summed E-state index contributed by atoms with van der Waals surface area (Å²) in [4.78, 5) is 2.41. The molecule has 1 N–H and O–H groups in total. The van der Waals surface area contributed by atoms with E-state index in [9.17, 15) is 0 Å². The molecule has 1 aromatic rings. The van der Waals surface area contributed by atoms with E-state index in [0.717, 1.165) is 12.5 Å². The molecule has 4 heteroatoms. The second-order valence-corrected chi connectivity index (χ2v) is 4.84. The van der Waals surface area contributed by atoms with Crippen LogP contribution in [0.25, 0.3) is 0 Å². The van der Waals surface area contributed by atoms with Gasteiger partial charge in [-0.3, -0.25) is 4.68 Å². The van der Waals surface area contributed by atoms with E-state index < -0.39 is 0 Å². The van der Waals surface area contributed by atoms with E-state index in [2.05, 4.69) is 28.4 Å². The Morgan fingerprint density at radius 1 is 1.50 bits per heavy atom. The largest absolute Gasteiger partial charge is 0.317 e. The second-order valence-electron chi connectivity index (χ2n) is 4.84. The van der Waals surface area contributed by atoms with Gasteiger partial charge < -0.3 is 10.2 Å². The summed E-state index contributed by atoms with van der Waals surface area (Å²) in [5, 5.41) is 7.61. The Morgan fingerprint density at radius 3 is 2.88 bits per heavy atom. The molecule has 4 nitrogen and oxygen atoms in total. The maximum atomic E-state index is 4.20. The zero-order chi connectivity index (χ0) is 11.4. The van der Waals surface area contributed by atoms with Gasteiger partial charge in [0.15, 0.2) is 0 Å². The van der Waals surface area contributed by atoms with Crippen LogP contribution in [0, 0.1) is 5.92 Å². The Hall–Kier alpha value is -0.870. The van der Waals surface area contributed by atoms with Gasteiger partial charge in [-0.1, -0.05) is 0 Å². The van der Waals surface area contributed by atoms with Crippen molar-refractivity contribution in [1.29, 1.82) is 0 Å². The van der Waals surface area contributed by atoms with Gasteiger partial charge in [-0.25, -0.2) is 0 Å². The molecule has 0 radical (unpaired) electrons. The third-order valence-corrected chi connectivity index (χ3v) is 3.38. The SMILES string of the molecule is CN(Cc1ccnn1C)CC1CCNCC1. The van der Waals surface area contributed by atoms with Gasteiger partial charge in [0.2, 0.25) is 0 Å². The molecule has 1 aromatic heterocycles. The summed E-state index contributed by atoms with van der Waals surface area (Å²) < 4.78 is 1.96. The highest BCUT2D eigenvalue weighted by Crippen LogP contribution is 2.13. The Bertz CT molecular complexity index is 315. The molecule has 2 rings (SSSR count). The third kappa shape index (κ3) is 3.06. The number of rotatable bonds is 4. The smallest absolute Gasteiger partial charge is 0.0520 e. The van der Waals surface area contributed by atoms with Crippen LogP contribution in [0.2, 0.25) is 0 Å². The van der Waals surface area contributed by atoms with Gasteiger partial charge in [-0.15, -0.1) is 0 Å². The van der Waals surface area contributed by atoms with Gasteiger partial charge in [0.1, 0.15) is 0 Å². The third-order valence-electron chi connectivity index (χ3n) is 3.38. The van der Waals surface area contributed by atoms with E-state index in [4.69, 9.17) is 0 Å². The van der Waals surface area contributed by atoms with Crippen molar-refractivity contribution >= 4 is 0 Å². The van der Waals surface area contributed by atoms with E-state index in [1.165, 1.54) is 38.2 Å². The van der Waals surface area contributed by atoms with Crippen LogP contribution in [0.15, 0.2) is 12.3 Å². The molecule has 0 aliphatic carbocycles. The van der Waals surface area contributed by atoms with E-state index in [-0.39, 0.29) is 0 Å². The second kappa shape index (κ2) is 5.46. The van der Waals surface area contributed by atoms with Gasteiger partial charge in [-0.05, 0) is 45.0 Å². The summed E-state index contributed by atoms with van der Waals surface area (Å²) in [6.45, 7) is 4.57. The van der Waals surface area contributed by atoms with Crippen LogP contribution in [0.4, 0.5) is 0 Å². The van der Waals surface area contributed by atoms with Gasteiger partial charge in [0, 0.05) is 26.3 Å². The molecule has 0 amide bonds. The Morgan fingerprint density at radius 2 is 2.25 bits per heavy atom. The van der Waals surface area contributed by atoms with Crippen LogP contribution >= 0.6 is 0 Å². The highest BCUT2D eigenvalue weighted by molar-refractivity contribution is 4.99. The predicted octanol–water partition coefficient (Wildman–Crippen LogP) is 0.851. The molecule has 1 aliphatic heterocycles. The first kappa shape index (κ1) is 11.6. The fourth-order valence-electron chi connectivity index (χ4n) is 2.40. The maximum Gasteiger partial charge on any atom is 0.0520 e. The summed E-state index contributed by atoms with van der Waals surface area (Å²) >= 11 is 0. The average molecular weight is 222 g/mol. The molecule has 2 heterocycles. The molecule has 16 heavy (non-hydrogen) atoms. The Balaban J connectivity index is 1.79. The molecular weight excluding hydrogens is 200 g/mol. The number of aromatic nitrogens is 2. The molecular formula is C12H22N4. The quantitative estimate of drug-likeness (QED) is 0.820. The fourth-order valence-corrected chi connectivity index (χ4v) is 2.40. The first-order valence-electron chi connectivity index (χ1n) is 6.12. The van der Waals surface area contributed by atoms with Crippen LogP contribution in [0.5, 0.6) is 0 Å². The van der Waals surface area contributed by atoms with Crippen LogP contribution in [0.3, 0.4) is 0 Å². The number of nitrogens with one attached hydrogen (secondary N) is 1.